The normalized spacial score (nSPS) is 16.7. The topological polar surface area (TPSA) is 162 Å². The Hall–Kier alpha value is -1.39. The number of aliphatic hydroxyl groups is 5. The van der Waals surface area contributed by atoms with Crippen LogP contribution < -0.4 is 0 Å². The zero-order valence-electron chi connectivity index (χ0n) is 11.5. The highest BCUT2D eigenvalue weighted by molar-refractivity contribution is 5.86. The number of carbonyl (C=O) groups is 3. The second kappa shape index (κ2) is 9.53. The van der Waals surface area contributed by atoms with E-state index in [0.29, 0.717) is 0 Å². The monoisotopic (exact) mass is 308 g/mol. The summed E-state index contributed by atoms with van der Waals surface area (Å²) in [4.78, 5) is 33.0. The highest BCUT2D eigenvalue weighted by Crippen LogP contribution is 2.09. The van der Waals surface area contributed by atoms with Gasteiger partial charge in [0.2, 0.25) is 0 Å². The molecule has 4 atom stereocenters. The fraction of sp³-hybridized carbons (Fsp3) is 0.750. The molecule has 9 nitrogen and oxygen atoms in total. The van der Waals surface area contributed by atoms with Gasteiger partial charge in [-0.15, -0.1) is 0 Å². The summed E-state index contributed by atoms with van der Waals surface area (Å²) in [5.74, 6) is -2.45. The van der Waals surface area contributed by atoms with Crippen LogP contribution in [0.4, 0.5) is 0 Å². The molecule has 9 heteroatoms. The van der Waals surface area contributed by atoms with Gasteiger partial charge in [-0.05, 0) is 6.42 Å². The van der Waals surface area contributed by atoms with Crippen molar-refractivity contribution in [1.29, 1.82) is 0 Å². The fourth-order valence-corrected chi connectivity index (χ4v) is 1.48. The Morgan fingerprint density at radius 1 is 1.00 bits per heavy atom. The minimum atomic E-state index is -1.97. The summed E-state index contributed by atoms with van der Waals surface area (Å²) < 4.78 is 4.22. The number of esters is 2. The van der Waals surface area contributed by atoms with Gasteiger partial charge in [0.05, 0.1) is 6.61 Å². The van der Waals surface area contributed by atoms with Gasteiger partial charge in [0.15, 0.2) is 5.78 Å². The Labute approximate surface area is 120 Å². The highest BCUT2D eigenvalue weighted by atomic mass is 16.6. The Bertz CT molecular complexity index is 368. The van der Waals surface area contributed by atoms with E-state index in [-0.39, 0.29) is 19.3 Å². The molecule has 0 aliphatic heterocycles. The van der Waals surface area contributed by atoms with Gasteiger partial charge in [-0.1, -0.05) is 0 Å². The Morgan fingerprint density at radius 3 is 2.05 bits per heavy atom. The summed E-state index contributed by atoms with van der Waals surface area (Å²) in [7, 11) is 0. The average molecular weight is 308 g/mol. The lowest BCUT2D eigenvalue weighted by atomic mass is 9.98. The number of carbonyl (C=O) groups excluding carboxylic acids is 3. The molecule has 0 spiro atoms. The lowest BCUT2D eigenvalue weighted by Gasteiger charge is -2.24. The van der Waals surface area contributed by atoms with E-state index in [2.05, 4.69) is 4.74 Å². The zero-order valence-corrected chi connectivity index (χ0v) is 11.5. The van der Waals surface area contributed by atoms with Crippen LogP contribution in [0, 0.1) is 0 Å². The third kappa shape index (κ3) is 7.25. The van der Waals surface area contributed by atoms with Gasteiger partial charge in [-0.2, -0.15) is 0 Å². The summed E-state index contributed by atoms with van der Waals surface area (Å²) in [6, 6.07) is 0. The maximum atomic E-state index is 11.5. The van der Waals surface area contributed by atoms with E-state index in [4.69, 9.17) is 10.2 Å². The van der Waals surface area contributed by atoms with Crippen molar-refractivity contribution in [3.63, 3.8) is 0 Å². The second-order valence-electron chi connectivity index (χ2n) is 4.46. The molecule has 0 aromatic rings. The number of aliphatic hydroxyl groups excluding tert-OH is 5. The number of rotatable bonds is 9. The van der Waals surface area contributed by atoms with Crippen molar-refractivity contribution in [3.8, 4) is 0 Å². The van der Waals surface area contributed by atoms with Crippen LogP contribution in [-0.4, -0.2) is 74.3 Å². The first-order valence-corrected chi connectivity index (χ1v) is 6.27. The maximum Gasteiger partial charge on any atom is 0.313 e. The first-order valence-electron chi connectivity index (χ1n) is 6.27. The van der Waals surface area contributed by atoms with Crippen LogP contribution in [0.15, 0.2) is 0 Å². The number of hydrogen-bond acceptors (Lipinski definition) is 9. The number of ether oxygens (including phenoxy) is 1. The molecular formula is C12H20O9. The molecule has 0 saturated heterocycles. The van der Waals surface area contributed by atoms with Gasteiger partial charge in [-0.3, -0.25) is 14.4 Å². The molecule has 122 valence electrons. The molecule has 5 N–H and O–H groups in total. The van der Waals surface area contributed by atoms with Crippen molar-refractivity contribution >= 4 is 17.7 Å². The number of Topliss-reactive ketones (excluding diaryl/α,β-unsaturated/α-hetero) is 1. The van der Waals surface area contributed by atoms with Gasteiger partial charge in [-0.25, -0.2) is 0 Å². The van der Waals surface area contributed by atoms with E-state index in [0.717, 1.165) is 6.92 Å². The lowest BCUT2D eigenvalue weighted by molar-refractivity contribution is -0.158. The molecule has 0 rings (SSSR count). The van der Waals surface area contributed by atoms with Crippen LogP contribution >= 0.6 is 0 Å². The highest BCUT2D eigenvalue weighted by Gasteiger charge is 2.33. The average Bonchev–Trinajstić information content (AvgIpc) is 2.42. The van der Waals surface area contributed by atoms with Gasteiger partial charge in [0.25, 0.3) is 0 Å². The van der Waals surface area contributed by atoms with Crippen molar-refractivity contribution in [2.45, 2.75) is 50.6 Å². The molecule has 0 radical (unpaired) electrons. The largest absolute Gasteiger partial charge is 0.394 e. The van der Waals surface area contributed by atoms with E-state index in [9.17, 15) is 29.7 Å². The van der Waals surface area contributed by atoms with Crippen LogP contribution in [0.3, 0.4) is 0 Å². The fourth-order valence-electron chi connectivity index (χ4n) is 1.48. The Balaban J connectivity index is 4.21. The van der Waals surface area contributed by atoms with Crippen molar-refractivity contribution in [2.24, 2.45) is 0 Å². The molecule has 0 aromatic carbocycles. The molecule has 21 heavy (non-hydrogen) atoms. The predicted octanol–water partition coefficient (Wildman–Crippen LogP) is -2.75. The molecular weight excluding hydrogens is 288 g/mol. The standard InChI is InChI=1S/C12H20O9/c1-6(14)21-9(17)4-2-3-7(15)10(18)12(20)11(19)8(16)5-13/h8,10-13,16,18-20H,2-5H2,1H3/t8-,10+,11-,12-/m1/s1. The minimum absolute atomic E-state index is 0.0205. The van der Waals surface area contributed by atoms with Crippen LogP contribution in [0.25, 0.3) is 0 Å². The molecule has 0 aliphatic rings. The SMILES string of the molecule is CC(=O)OC(=O)CCCC(=O)[C@H](O)[C@@H](O)[C@H](O)[C@H](O)CO. The quantitative estimate of drug-likeness (QED) is 0.224. The van der Waals surface area contributed by atoms with Gasteiger partial charge in [0.1, 0.15) is 24.4 Å². The van der Waals surface area contributed by atoms with E-state index in [1.54, 1.807) is 0 Å². The Kier molecular flexibility index (Phi) is 8.90. The molecule has 0 fully saturated rings. The van der Waals surface area contributed by atoms with Crippen LogP contribution in [0.5, 0.6) is 0 Å². The molecule has 0 aliphatic carbocycles. The van der Waals surface area contributed by atoms with Gasteiger partial charge < -0.3 is 30.3 Å². The summed E-state index contributed by atoms with van der Waals surface area (Å²) in [6.07, 6.45) is -8.07. The van der Waals surface area contributed by atoms with E-state index in [1.807, 2.05) is 0 Å². The molecule has 0 amide bonds. The van der Waals surface area contributed by atoms with Crippen LogP contribution in [0.1, 0.15) is 26.2 Å². The van der Waals surface area contributed by atoms with Crippen LogP contribution in [-0.2, 0) is 19.1 Å². The van der Waals surface area contributed by atoms with Crippen LogP contribution in [0.2, 0.25) is 0 Å². The lowest BCUT2D eigenvalue weighted by Crippen LogP contribution is -2.48. The summed E-state index contributed by atoms with van der Waals surface area (Å²) >= 11 is 0. The first kappa shape index (κ1) is 19.6. The first-order chi connectivity index (χ1) is 9.70. The Morgan fingerprint density at radius 2 is 1.57 bits per heavy atom. The van der Waals surface area contributed by atoms with Gasteiger partial charge >= 0.3 is 11.9 Å². The molecule has 0 unspecified atom stereocenters. The van der Waals surface area contributed by atoms with Gasteiger partial charge in [0, 0.05) is 19.8 Å². The predicted molar refractivity (Wildman–Crippen MR) is 66.7 cm³/mol. The maximum absolute atomic E-state index is 11.5. The summed E-state index contributed by atoms with van der Waals surface area (Å²) in [6.45, 7) is 0.201. The summed E-state index contributed by atoms with van der Waals surface area (Å²) in [5.41, 5.74) is 0. The molecule has 0 aromatic heterocycles. The van der Waals surface area contributed by atoms with E-state index >= 15 is 0 Å². The second-order valence-corrected chi connectivity index (χ2v) is 4.46. The van der Waals surface area contributed by atoms with E-state index in [1.165, 1.54) is 0 Å². The molecule has 0 saturated carbocycles. The van der Waals surface area contributed by atoms with Crippen molar-refractivity contribution < 1.29 is 44.7 Å². The third-order valence-corrected chi connectivity index (χ3v) is 2.65. The van der Waals surface area contributed by atoms with Crippen molar-refractivity contribution in [1.82, 2.24) is 0 Å². The third-order valence-electron chi connectivity index (χ3n) is 2.65. The molecule has 0 heterocycles. The van der Waals surface area contributed by atoms with E-state index < -0.39 is 48.7 Å². The summed E-state index contributed by atoms with van der Waals surface area (Å²) in [5, 5.41) is 45.9. The zero-order chi connectivity index (χ0) is 16.6. The number of ketones is 1. The number of hydrogen-bond donors (Lipinski definition) is 5. The van der Waals surface area contributed by atoms with Crippen molar-refractivity contribution in [2.75, 3.05) is 6.61 Å². The molecule has 0 bridgehead atoms. The van der Waals surface area contributed by atoms with Crippen molar-refractivity contribution in [3.05, 3.63) is 0 Å². The smallest absolute Gasteiger partial charge is 0.313 e. The minimum Gasteiger partial charge on any atom is -0.394 e.